The number of aliphatic hydroxyl groups is 1. The summed E-state index contributed by atoms with van der Waals surface area (Å²) >= 11 is 0. The van der Waals surface area contributed by atoms with Crippen LogP contribution in [0.1, 0.15) is 56.2 Å². The second-order valence-electron chi connectivity index (χ2n) is 10.4. The molecule has 1 aliphatic rings. The quantitative estimate of drug-likeness (QED) is 0.406. The highest BCUT2D eigenvalue weighted by molar-refractivity contribution is 5.82. The summed E-state index contributed by atoms with van der Waals surface area (Å²) in [6.45, 7) is 4.91. The monoisotopic (exact) mass is 555 g/mol. The van der Waals surface area contributed by atoms with Crippen LogP contribution in [0.5, 0.6) is 0 Å². The molecule has 2 aromatic rings. The number of piperidine rings is 1. The van der Waals surface area contributed by atoms with Gasteiger partial charge in [-0.3, -0.25) is 9.59 Å². The molecule has 2 atom stereocenters. The lowest BCUT2D eigenvalue weighted by Crippen LogP contribution is -2.57. The van der Waals surface area contributed by atoms with E-state index in [9.17, 15) is 36.6 Å². The molecule has 3 N–H and O–H groups in total. The summed E-state index contributed by atoms with van der Waals surface area (Å²) < 4.78 is 66.6. The lowest BCUT2D eigenvalue weighted by molar-refractivity contribution is -0.187. The summed E-state index contributed by atoms with van der Waals surface area (Å²) in [5.74, 6) is -3.73. The molecule has 0 radical (unpaired) electrons. The maximum Gasteiger partial charge on any atom is 0.471 e. The number of rotatable bonds is 9. The molecule has 1 aliphatic heterocycles. The fourth-order valence-electron chi connectivity index (χ4n) is 5.00. The molecule has 1 fully saturated rings. The van der Waals surface area contributed by atoms with Gasteiger partial charge in [-0.15, -0.1) is 0 Å². The zero-order chi connectivity index (χ0) is 29.0. The lowest BCUT2D eigenvalue weighted by atomic mass is 9.79. The number of nitrogens with one attached hydrogen (secondary N) is 2. The highest BCUT2D eigenvalue weighted by atomic mass is 19.4. The highest BCUT2D eigenvalue weighted by Gasteiger charge is 2.46. The van der Waals surface area contributed by atoms with Crippen molar-refractivity contribution in [3.63, 3.8) is 0 Å². The number of alkyl halides is 3. The number of carbonyl (C=O) groups is 2. The van der Waals surface area contributed by atoms with Crippen molar-refractivity contribution in [1.82, 2.24) is 15.5 Å². The maximum absolute atomic E-state index is 13.7. The van der Waals surface area contributed by atoms with Crippen molar-refractivity contribution in [1.29, 1.82) is 0 Å². The van der Waals surface area contributed by atoms with E-state index in [2.05, 4.69) is 10.6 Å². The predicted molar refractivity (Wildman–Crippen MR) is 136 cm³/mol. The molecule has 1 heterocycles. The van der Waals surface area contributed by atoms with Gasteiger partial charge in [0.1, 0.15) is 11.6 Å². The standard InChI is InChI=1S/C28H34F5N3O3/c1-17(2)20-5-4-6-21(14-20)27(7-9-36(10-8-27)26(39)28(31,32)33)34-16-25(38)24(35-18(3)37)13-19-11-22(29)15-23(30)12-19/h4-6,11-12,14-15,17,24-25,34,38H,7-10,13,16H2,1-3H3,(H,35,37)/t24-,25+/m0/s1. The van der Waals surface area contributed by atoms with Gasteiger partial charge in [-0.05, 0) is 54.0 Å². The van der Waals surface area contributed by atoms with E-state index in [1.54, 1.807) is 0 Å². The second-order valence-corrected chi connectivity index (χ2v) is 10.4. The first-order chi connectivity index (χ1) is 18.2. The number of nitrogens with zero attached hydrogens (tertiary/aromatic N) is 1. The third kappa shape index (κ3) is 7.98. The van der Waals surface area contributed by atoms with Crippen molar-refractivity contribution < 1.29 is 36.6 Å². The molecule has 3 rings (SSSR count). The zero-order valence-corrected chi connectivity index (χ0v) is 22.1. The van der Waals surface area contributed by atoms with E-state index >= 15 is 0 Å². The van der Waals surface area contributed by atoms with Gasteiger partial charge in [-0.2, -0.15) is 13.2 Å². The van der Waals surface area contributed by atoms with Gasteiger partial charge in [0.15, 0.2) is 0 Å². The smallest absolute Gasteiger partial charge is 0.390 e. The van der Waals surface area contributed by atoms with Crippen LogP contribution >= 0.6 is 0 Å². The zero-order valence-electron chi connectivity index (χ0n) is 22.1. The normalized spacial score (nSPS) is 17.1. The molecule has 214 valence electrons. The van der Waals surface area contributed by atoms with Crippen LogP contribution in [-0.4, -0.2) is 59.8 Å². The van der Waals surface area contributed by atoms with Crippen molar-refractivity contribution in [2.75, 3.05) is 19.6 Å². The van der Waals surface area contributed by atoms with Gasteiger partial charge >= 0.3 is 12.1 Å². The summed E-state index contributed by atoms with van der Waals surface area (Å²) in [6.07, 6.45) is -5.92. The minimum atomic E-state index is -4.97. The Kier molecular flexibility index (Phi) is 9.71. The van der Waals surface area contributed by atoms with Gasteiger partial charge in [0.25, 0.3) is 0 Å². The molecule has 0 unspecified atom stereocenters. The Labute approximate surface area is 224 Å². The van der Waals surface area contributed by atoms with Gasteiger partial charge in [-0.25, -0.2) is 8.78 Å². The number of amides is 2. The minimum Gasteiger partial charge on any atom is -0.390 e. The molecule has 0 aliphatic carbocycles. The summed E-state index contributed by atoms with van der Waals surface area (Å²) in [4.78, 5) is 24.5. The fourth-order valence-corrected chi connectivity index (χ4v) is 5.00. The molecule has 0 spiro atoms. The summed E-state index contributed by atoms with van der Waals surface area (Å²) in [5, 5.41) is 17.0. The van der Waals surface area contributed by atoms with Gasteiger partial charge in [-0.1, -0.05) is 38.1 Å². The van der Waals surface area contributed by atoms with Crippen molar-refractivity contribution in [2.45, 2.75) is 69.8 Å². The molecular weight excluding hydrogens is 521 g/mol. The number of likely N-dealkylation sites (tertiary alicyclic amines) is 1. The number of carbonyl (C=O) groups excluding carboxylic acids is 2. The summed E-state index contributed by atoms with van der Waals surface area (Å²) in [5.41, 5.74) is 1.21. The molecule has 6 nitrogen and oxygen atoms in total. The van der Waals surface area contributed by atoms with Crippen LogP contribution in [0.25, 0.3) is 0 Å². The number of hydrogen-bond donors (Lipinski definition) is 3. The Morgan fingerprint density at radius 1 is 1.05 bits per heavy atom. The number of aliphatic hydroxyl groups excluding tert-OH is 1. The third-order valence-corrected chi connectivity index (χ3v) is 7.13. The van der Waals surface area contributed by atoms with Gasteiger partial charge in [0, 0.05) is 38.2 Å². The molecule has 39 heavy (non-hydrogen) atoms. The van der Waals surface area contributed by atoms with Crippen molar-refractivity contribution >= 4 is 11.8 Å². The SMILES string of the molecule is CC(=O)N[C@@H](Cc1cc(F)cc(F)c1)[C@H](O)CNC1(c2cccc(C(C)C)c2)CCN(C(=O)C(F)(F)F)CC1. The van der Waals surface area contributed by atoms with Crippen molar-refractivity contribution in [3.8, 4) is 0 Å². The first kappa shape index (κ1) is 30.5. The Balaban J connectivity index is 1.84. The van der Waals surface area contributed by atoms with E-state index in [0.29, 0.717) is 0 Å². The van der Waals surface area contributed by atoms with Crippen LogP contribution in [0, 0.1) is 11.6 Å². The predicted octanol–water partition coefficient (Wildman–Crippen LogP) is 4.17. The topological polar surface area (TPSA) is 81.7 Å². The number of hydrogen-bond acceptors (Lipinski definition) is 4. The average Bonchev–Trinajstić information content (AvgIpc) is 2.85. The Morgan fingerprint density at radius 2 is 1.67 bits per heavy atom. The Morgan fingerprint density at radius 3 is 2.21 bits per heavy atom. The highest BCUT2D eigenvalue weighted by Crippen LogP contribution is 2.36. The molecule has 2 aromatic carbocycles. The summed E-state index contributed by atoms with van der Waals surface area (Å²) in [6, 6.07) is 9.68. The van der Waals surface area contributed by atoms with E-state index in [4.69, 9.17) is 0 Å². The van der Waals surface area contributed by atoms with E-state index in [1.165, 1.54) is 6.92 Å². The van der Waals surface area contributed by atoms with Gasteiger partial charge in [0.05, 0.1) is 12.1 Å². The minimum absolute atomic E-state index is 0.0548. The Hall–Kier alpha value is -3.05. The number of benzene rings is 2. The first-order valence-electron chi connectivity index (χ1n) is 12.8. The fraction of sp³-hybridized carbons (Fsp3) is 0.500. The van der Waals surface area contributed by atoms with Crippen LogP contribution in [0.15, 0.2) is 42.5 Å². The van der Waals surface area contributed by atoms with Gasteiger partial charge in [0.2, 0.25) is 5.91 Å². The van der Waals surface area contributed by atoms with Crippen LogP contribution in [0.3, 0.4) is 0 Å². The molecule has 0 saturated carbocycles. The molecule has 0 bridgehead atoms. The van der Waals surface area contributed by atoms with Gasteiger partial charge < -0.3 is 20.6 Å². The van der Waals surface area contributed by atoms with E-state index < -0.39 is 47.3 Å². The third-order valence-electron chi connectivity index (χ3n) is 7.13. The van der Waals surface area contributed by atoms with Crippen LogP contribution < -0.4 is 10.6 Å². The van der Waals surface area contributed by atoms with E-state index in [-0.39, 0.29) is 50.4 Å². The van der Waals surface area contributed by atoms with E-state index in [0.717, 1.165) is 34.2 Å². The number of halogens is 5. The van der Waals surface area contributed by atoms with Crippen LogP contribution in [0.4, 0.5) is 22.0 Å². The first-order valence-corrected chi connectivity index (χ1v) is 12.8. The molecule has 1 saturated heterocycles. The van der Waals surface area contributed by atoms with Crippen LogP contribution in [-0.2, 0) is 21.5 Å². The summed E-state index contributed by atoms with van der Waals surface area (Å²) in [7, 11) is 0. The average molecular weight is 556 g/mol. The molecule has 11 heteroatoms. The molecular formula is C28H34F5N3O3. The maximum atomic E-state index is 13.7. The Bertz CT molecular complexity index is 1140. The second kappa shape index (κ2) is 12.4. The molecule has 2 amide bonds. The van der Waals surface area contributed by atoms with Crippen LogP contribution in [0.2, 0.25) is 0 Å². The largest absolute Gasteiger partial charge is 0.471 e. The lowest BCUT2D eigenvalue weighted by Gasteiger charge is -2.44. The van der Waals surface area contributed by atoms with Crippen molar-refractivity contribution in [3.05, 3.63) is 70.8 Å². The molecule has 0 aromatic heterocycles. The van der Waals surface area contributed by atoms with E-state index in [1.807, 2.05) is 38.1 Å². The van der Waals surface area contributed by atoms with Crippen molar-refractivity contribution in [2.24, 2.45) is 0 Å².